The summed E-state index contributed by atoms with van der Waals surface area (Å²) in [5, 5.41) is 0. The van der Waals surface area contributed by atoms with Crippen LogP contribution >= 0.6 is 0 Å². The Bertz CT molecular complexity index is 1060. The predicted molar refractivity (Wildman–Crippen MR) is 109 cm³/mol. The highest BCUT2D eigenvalue weighted by Crippen LogP contribution is 2.23. The van der Waals surface area contributed by atoms with Crippen LogP contribution in [0.5, 0.6) is 0 Å². The zero-order valence-corrected chi connectivity index (χ0v) is 17.9. The highest BCUT2D eigenvalue weighted by atomic mass is 32.2. The number of anilines is 1. The van der Waals surface area contributed by atoms with Crippen LogP contribution in [-0.2, 0) is 24.8 Å². The van der Waals surface area contributed by atoms with E-state index in [9.17, 15) is 16.8 Å². The van der Waals surface area contributed by atoms with Crippen LogP contribution in [0.25, 0.3) is 0 Å². The number of piperazine rings is 1. The van der Waals surface area contributed by atoms with E-state index in [0.29, 0.717) is 45.3 Å². The summed E-state index contributed by atoms with van der Waals surface area (Å²) in [6, 6.07) is 7.15. The second kappa shape index (κ2) is 8.55. The van der Waals surface area contributed by atoms with E-state index in [2.05, 4.69) is 9.97 Å². The second-order valence-corrected chi connectivity index (χ2v) is 10.8. The summed E-state index contributed by atoms with van der Waals surface area (Å²) >= 11 is 0. The third-order valence-corrected chi connectivity index (χ3v) is 8.97. The van der Waals surface area contributed by atoms with Crippen LogP contribution in [0, 0.1) is 0 Å². The first-order valence-electron chi connectivity index (χ1n) is 9.59. The number of rotatable bonds is 5. The molecule has 0 spiro atoms. The normalized spacial score (nSPS) is 19.7. The van der Waals surface area contributed by atoms with Crippen LogP contribution in [0.3, 0.4) is 0 Å². The number of sulfonamides is 2. The van der Waals surface area contributed by atoms with Crippen LogP contribution in [0.15, 0.2) is 52.5 Å². The lowest BCUT2D eigenvalue weighted by Crippen LogP contribution is -2.49. The molecule has 4 rings (SSSR count). The monoisotopic (exact) mass is 453 g/mol. The topological polar surface area (TPSA) is 113 Å². The Morgan fingerprint density at radius 1 is 0.700 bits per heavy atom. The van der Waals surface area contributed by atoms with Gasteiger partial charge < -0.3 is 9.64 Å². The van der Waals surface area contributed by atoms with Gasteiger partial charge in [-0.2, -0.15) is 8.61 Å². The molecule has 1 aromatic heterocycles. The molecule has 0 aliphatic carbocycles. The van der Waals surface area contributed by atoms with Gasteiger partial charge in [-0.05, 0) is 30.3 Å². The van der Waals surface area contributed by atoms with Crippen LogP contribution in [0.1, 0.15) is 0 Å². The van der Waals surface area contributed by atoms with Crippen molar-refractivity contribution in [2.75, 3.05) is 57.4 Å². The molecule has 162 valence electrons. The Hall–Kier alpha value is -2.12. The molecule has 2 aliphatic heterocycles. The average Bonchev–Trinajstić information content (AvgIpc) is 2.80. The van der Waals surface area contributed by atoms with Crippen molar-refractivity contribution < 1.29 is 21.6 Å². The first-order chi connectivity index (χ1) is 14.4. The molecule has 12 heteroatoms. The smallest absolute Gasteiger partial charge is 0.243 e. The molecule has 2 aliphatic rings. The van der Waals surface area contributed by atoms with E-state index in [1.54, 1.807) is 18.5 Å². The van der Waals surface area contributed by atoms with E-state index in [4.69, 9.17) is 4.74 Å². The van der Waals surface area contributed by atoms with Gasteiger partial charge in [0.2, 0.25) is 26.0 Å². The Morgan fingerprint density at radius 2 is 1.17 bits per heavy atom. The summed E-state index contributed by atoms with van der Waals surface area (Å²) in [7, 11) is -7.38. The fourth-order valence-electron chi connectivity index (χ4n) is 3.45. The molecule has 0 atom stereocenters. The van der Waals surface area contributed by atoms with Gasteiger partial charge in [0.1, 0.15) is 0 Å². The van der Waals surface area contributed by atoms with E-state index in [1.807, 2.05) is 4.90 Å². The van der Waals surface area contributed by atoms with E-state index < -0.39 is 20.0 Å². The molecule has 2 aromatic rings. The molecular weight excluding hydrogens is 430 g/mol. The maximum atomic E-state index is 13.0. The fourth-order valence-corrected chi connectivity index (χ4v) is 6.28. The molecule has 0 radical (unpaired) electrons. The Kier molecular flexibility index (Phi) is 6.02. The van der Waals surface area contributed by atoms with Crippen molar-refractivity contribution in [3.05, 3.63) is 42.7 Å². The van der Waals surface area contributed by atoms with Crippen molar-refractivity contribution in [1.29, 1.82) is 0 Å². The number of nitrogens with zero attached hydrogens (tertiary/aromatic N) is 5. The summed E-state index contributed by atoms with van der Waals surface area (Å²) in [6.45, 7) is 2.84. The SMILES string of the molecule is O=S(=O)(c1ccc(S(=O)(=O)N2CCN(c3ncccn3)CC2)cc1)N1CCOCC1. The molecule has 2 fully saturated rings. The van der Waals surface area contributed by atoms with Crippen molar-refractivity contribution in [3.63, 3.8) is 0 Å². The zero-order chi connectivity index (χ0) is 21.2. The number of benzene rings is 1. The summed E-state index contributed by atoms with van der Waals surface area (Å²) in [5.74, 6) is 0.576. The van der Waals surface area contributed by atoms with Crippen molar-refractivity contribution in [1.82, 2.24) is 18.6 Å². The minimum Gasteiger partial charge on any atom is -0.379 e. The number of hydrogen-bond acceptors (Lipinski definition) is 8. The van der Waals surface area contributed by atoms with Crippen LogP contribution in [-0.4, -0.2) is 87.9 Å². The Morgan fingerprint density at radius 3 is 1.67 bits per heavy atom. The zero-order valence-electron chi connectivity index (χ0n) is 16.3. The minimum atomic E-state index is -3.72. The summed E-state index contributed by atoms with van der Waals surface area (Å²) in [6.07, 6.45) is 3.30. The standard InChI is InChI=1S/C18H23N5O5S2/c24-29(25,22-10-8-21(9-11-22)18-19-6-1-7-20-18)16-2-4-17(5-3-16)30(26,27)23-12-14-28-15-13-23/h1-7H,8-15H2. The lowest BCUT2D eigenvalue weighted by Gasteiger charge is -2.33. The molecule has 3 heterocycles. The summed E-state index contributed by atoms with van der Waals surface area (Å²) in [5.41, 5.74) is 0. The predicted octanol–water partition coefficient (Wildman–Crippen LogP) is 0.00840. The number of aromatic nitrogens is 2. The number of ether oxygens (including phenoxy) is 1. The highest BCUT2D eigenvalue weighted by molar-refractivity contribution is 7.89. The number of hydrogen-bond donors (Lipinski definition) is 0. The van der Waals surface area contributed by atoms with Crippen LogP contribution in [0.4, 0.5) is 5.95 Å². The molecule has 0 N–H and O–H groups in total. The van der Waals surface area contributed by atoms with Gasteiger partial charge in [-0.15, -0.1) is 0 Å². The lowest BCUT2D eigenvalue weighted by molar-refractivity contribution is 0.0730. The molecule has 0 saturated carbocycles. The Balaban J connectivity index is 1.46. The molecule has 10 nitrogen and oxygen atoms in total. The molecular formula is C18H23N5O5S2. The van der Waals surface area contributed by atoms with Gasteiger partial charge in [0, 0.05) is 51.7 Å². The quantitative estimate of drug-likeness (QED) is 0.622. The molecule has 0 bridgehead atoms. The third kappa shape index (κ3) is 4.18. The first-order valence-corrected chi connectivity index (χ1v) is 12.5. The van der Waals surface area contributed by atoms with Gasteiger partial charge in [0.15, 0.2) is 0 Å². The maximum absolute atomic E-state index is 13.0. The first kappa shape index (κ1) is 21.1. The molecule has 1 aromatic carbocycles. The molecule has 0 unspecified atom stereocenters. The van der Waals surface area contributed by atoms with Gasteiger partial charge in [0.05, 0.1) is 23.0 Å². The van der Waals surface area contributed by atoms with Crippen LogP contribution in [0.2, 0.25) is 0 Å². The van der Waals surface area contributed by atoms with Crippen molar-refractivity contribution in [2.24, 2.45) is 0 Å². The number of morpholine rings is 1. The minimum absolute atomic E-state index is 0.0767. The molecule has 30 heavy (non-hydrogen) atoms. The van der Waals surface area contributed by atoms with Gasteiger partial charge >= 0.3 is 0 Å². The van der Waals surface area contributed by atoms with E-state index >= 15 is 0 Å². The highest BCUT2D eigenvalue weighted by Gasteiger charge is 2.31. The molecule has 2 saturated heterocycles. The second-order valence-electron chi connectivity index (χ2n) is 6.93. The largest absolute Gasteiger partial charge is 0.379 e. The fraction of sp³-hybridized carbons (Fsp3) is 0.444. The van der Waals surface area contributed by atoms with Crippen molar-refractivity contribution in [2.45, 2.75) is 9.79 Å². The van der Waals surface area contributed by atoms with E-state index in [0.717, 1.165) is 0 Å². The van der Waals surface area contributed by atoms with Gasteiger partial charge in [0.25, 0.3) is 0 Å². The van der Waals surface area contributed by atoms with Crippen molar-refractivity contribution in [3.8, 4) is 0 Å². The van der Waals surface area contributed by atoms with E-state index in [-0.39, 0.29) is 22.9 Å². The summed E-state index contributed by atoms with van der Waals surface area (Å²) < 4.78 is 59.4. The van der Waals surface area contributed by atoms with Gasteiger partial charge in [-0.1, -0.05) is 0 Å². The van der Waals surface area contributed by atoms with Crippen LogP contribution < -0.4 is 4.90 Å². The maximum Gasteiger partial charge on any atom is 0.243 e. The van der Waals surface area contributed by atoms with Gasteiger partial charge in [-0.25, -0.2) is 26.8 Å². The molecule has 0 amide bonds. The van der Waals surface area contributed by atoms with E-state index in [1.165, 1.54) is 32.9 Å². The Labute approximate surface area is 176 Å². The summed E-state index contributed by atoms with van der Waals surface area (Å²) in [4.78, 5) is 10.5. The van der Waals surface area contributed by atoms with Crippen molar-refractivity contribution >= 4 is 26.0 Å². The van der Waals surface area contributed by atoms with Gasteiger partial charge in [-0.3, -0.25) is 0 Å². The third-order valence-electron chi connectivity index (χ3n) is 5.14. The lowest BCUT2D eigenvalue weighted by atomic mass is 10.4. The average molecular weight is 454 g/mol.